The van der Waals surface area contributed by atoms with Gasteiger partial charge in [-0.1, -0.05) is 25.1 Å². The summed E-state index contributed by atoms with van der Waals surface area (Å²) in [4.78, 5) is 42.8. The maximum absolute atomic E-state index is 12.8. The third-order valence-corrected chi connectivity index (χ3v) is 5.94. The lowest BCUT2D eigenvalue weighted by Crippen LogP contribution is -2.49. The minimum absolute atomic E-state index is 0.0900. The first-order valence-corrected chi connectivity index (χ1v) is 10.2. The van der Waals surface area contributed by atoms with Gasteiger partial charge in [0.15, 0.2) is 0 Å². The van der Waals surface area contributed by atoms with Crippen molar-refractivity contribution in [1.29, 1.82) is 0 Å². The Labute approximate surface area is 174 Å². The second kappa shape index (κ2) is 7.93. The summed E-state index contributed by atoms with van der Waals surface area (Å²) < 4.78 is 10.9. The number of nitrogens with one attached hydrogen (secondary N) is 1. The van der Waals surface area contributed by atoms with Gasteiger partial charge in [-0.05, 0) is 50.7 Å². The van der Waals surface area contributed by atoms with Gasteiger partial charge in [-0.3, -0.25) is 14.5 Å². The number of rotatable bonds is 5. The highest BCUT2D eigenvalue weighted by atomic mass is 16.5. The summed E-state index contributed by atoms with van der Waals surface area (Å²) in [6.07, 6.45) is 2.95. The van der Waals surface area contributed by atoms with E-state index < -0.39 is 24.1 Å². The van der Waals surface area contributed by atoms with Crippen molar-refractivity contribution in [3.63, 3.8) is 0 Å². The van der Waals surface area contributed by atoms with Crippen LogP contribution in [0, 0.1) is 12.8 Å². The number of aryl methyl sites for hydroxylation is 1. The minimum Gasteiger partial charge on any atom is -0.458 e. The molecule has 1 N–H and O–H groups in total. The first-order valence-electron chi connectivity index (χ1n) is 10.2. The highest BCUT2D eigenvalue weighted by Crippen LogP contribution is 2.36. The van der Waals surface area contributed by atoms with Gasteiger partial charge in [0.1, 0.15) is 30.1 Å². The number of hydrogen-bond donors (Lipinski definition) is 1. The van der Waals surface area contributed by atoms with Crippen molar-refractivity contribution in [1.82, 2.24) is 15.2 Å². The van der Waals surface area contributed by atoms with Gasteiger partial charge in [0.2, 0.25) is 5.89 Å². The number of hydrogen-bond acceptors (Lipinski definition) is 6. The number of carbonyl (C=O) groups is 3. The molecule has 8 heteroatoms. The molecule has 0 unspecified atom stereocenters. The number of aromatic nitrogens is 1. The quantitative estimate of drug-likeness (QED) is 0.599. The van der Waals surface area contributed by atoms with Crippen LogP contribution in [-0.4, -0.2) is 39.9 Å². The molecule has 2 heterocycles. The molecular weight excluding hydrogens is 386 g/mol. The molecule has 1 aliphatic carbocycles. The fraction of sp³-hybridized carbons (Fsp3) is 0.455. The average Bonchev–Trinajstić information content (AvgIpc) is 3.22. The summed E-state index contributed by atoms with van der Waals surface area (Å²) in [5.74, 6) is 0.531. The molecule has 30 heavy (non-hydrogen) atoms. The zero-order valence-electron chi connectivity index (χ0n) is 17.1. The highest BCUT2D eigenvalue weighted by molar-refractivity contribution is 6.08. The van der Waals surface area contributed by atoms with E-state index in [1.165, 1.54) is 0 Å². The Bertz CT molecular complexity index is 960. The number of ether oxygens (including phenoxy) is 1. The first-order chi connectivity index (χ1) is 14.4. The second-order valence-electron chi connectivity index (χ2n) is 8.13. The standard InChI is InChI=1S/C22H25N3O5/c1-14-8-10-22(11-9-14)20(27)25(21(28)24-22)12-18(26)29-13-17-15(2)30-19(23-17)16-6-4-3-5-7-16/h3-7,14H,8-13H2,1-2H3,(H,24,28). The van der Waals surface area contributed by atoms with Gasteiger partial charge in [-0.15, -0.1) is 0 Å². The topological polar surface area (TPSA) is 102 Å². The van der Waals surface area contributed by atoms with E-state index in [2.05, 4.69) is 17.2 Å². The van der Waals surface area contributed by atoms with Crippen LogP contribution in [0.25, 0.3) is 11.5 Å². The smallest absolute Gasteiger partial charge is 0.326 e. The van der Waals surface area contributed by atoms with Gasteiger partial charge in [0, 0.05) is 5.56 Å². The summed E-state index contributed by atoms with van der Waals surface area (Å²) in [5, 5.41) is 2.80. The van der Waals surface area contributed by atoms with Gasteiger partial charge in [-0.2, -0.15) is 0 Å². The van der Waals surface area contributed by atoms with Crippen LogP contribution < -0.4 is 5.32 Å². The fourth-order valence-corrected chi connectivity index (χ4v) is 4.00. The Morgan fingerprint density at radius 3 is 2.67 bits per heavy atom. The lowest BCUT2D eigenvalue weighted by Gasteiger charge is -2.33. The Kier molecular flexibility index (Phi) is 5.32. The number of imide groups is 1. The largest absolute Gasteiger partial charge is 0.458 e. The van der Waals surface area contributed by atoms with Crippen LogP contribution in [-0.2, 0) is 20.9 Å². The molecule has 1 spiro atoms. The third-order valence-electron chi connectivity index (χ3n) is 5.94. The summed E-state index contributed by atoms with van der Waals surface area (Å²) in [7, 11) is 0. The summed E-state index contributed by atoms with van der Waals surface area (Å²) in [6, 6.07) is 8.88. The number of oxazole rings is 1. The molecule has 1 aromatic carbocycles. The van der Waals surface area contributed by atoms with E-state index in [-0.39, 0.29) is 12.5 Å². The second-order valence-corrected chi connectivity index (χ2v) is 8.13. The fourth-order valence-electron chi connectivity index (χ4n) is 4.00. The van der Waals surface area contributed by atoms with Crippen LogP contribution in [0.15, 0.2) is 34.7 Å². The molecule has 0 radical (unpaired) electrons. The maximum atomic E-state index is 12.8. The number of carbonyl (C=O) groups excluding carboxylic acids is 3. The van der Waals surface area contributed by atoms with Crippen molar-refractivity contribution >= 4 is 17.9 Å². The molecule has 0 atom stereocenters. The third kappa shape index (κ3) is 3.81. The molecule has 4 rings (SSSR count). The van der Waals surface area contributed by atoms with E-state index in [0.29, 0.717) is 36.1 Å². The maximum Gasteiger partial charge on any atom is 0.326 e. The molecule has 2 fully saturated rings. The van der Waals surface area contributed by atoms with E-state index in [1.807, 2.05) is 30.3 Å². The van der Waals surface area contributed by atoms with Crippen LogP contribution in [0.1, 0.15) is 44.1 Å². The molecule has 2 aliphatic rings. The van der Waals surface area contributed by atoms with Gasteiger partial charge < -0.3 is 14.5 Å². The number of benzene rings is 1. The van der Waals surface area contributed by atoms with E-state index >= 15 is 0 Å². The summed E-state index contributed by atoms with van der Waals surface area (Å²) >= 11 is 0. The summed E-state index contributed by atoms with van der Waals surface area (Å²) in [5.41, 5.74) is 0.457. The van der Waals surface area contributed by atoms with Crippen molar-refractivity contribution in [2.45, 2.75) is 51.7 Å². The van der Waals surface area contributed by atoms with Crippen molar-refractivity contribution in [3.8, 4) is 11.5 Å². The predicted molar refractivity (Wildman–Crippen MR) is 107 cm³/mol. The Balaban J connectivity index is 1.36. The predicted octanol–water partition coefficient (Wildman–Crippen LogP) is 3.19. The van der Waals surface area contributed by atoms with Crippen LogP contribution in [0.5, 0.6) is 0 Å². The number of nitrogens with zero attached hydrogens (tertiary/aromatic N) is 2. The van der Waals surface area contributed by atoms with Crippen molar-refractivity contribution in [2.75, 3.05) is 6.54 Å². The zero-order chi connectivity index (χ0) is 21.3. The lowest BCUT2D eigenvalue weighted by molar-refractivity contribution is -0.149. The Morgan fingerprint density at radius 1 is 1.27 bits per heavy atom. The van der Waals surface area contributed by atoms with E-state index in [4.69, 9.17) is 9.15 Å². The molecule has 0 bridgehead atoms. The SMILES string of the molecule is Cc1oc(-c2ccccc2)nc1COC(=O)CN1C(=O)NC2(CCC(C)CC2)C1=O. The molecule has 158 valence electrons. The summed E-state index contributed by atoms with van der Waals surface area (Å²) in [6.45, 7) is 3.38. The number of esters is 1. The molecule has 3 amide bonds. The van der Waals surface area contributed by atoms with E-state index in [1.54, 1.807) is 6.92 Å². The Hall–Kier alpha value is -3.16. The minimum atomic E-state index is -0.864. The average molecular weight is 411 g/mol. The lowest BCUT2D eigenvalue weighted by atomic mass is 9.77. The molecule has 1 saturated heterocycles. The number of urea groups is 1. The zero-order valence-corrected chi connectivity index (χ0v) is 17.1. The van der Waals surface area contributed by atoms with Gasteiger partial charge in [0.25, 0.3) is 5.91 Å². The van der Waals surface area contributed by atoms with Gasteiger partial charge in [0.05, 0.1) is 0 Å². The first kappa shape index (κ1) is 20.1. The van der Waals surface area contributed by atoms with Crippen LogP contribution in [0.2, 0.25) is 0 Å². The van der Waals surface area contributed by atoms with E-state index in [0.717, 1.165) is 23.3 Å². The molecule has 1 aromatic heterocycles. The van der Waals surface area contributed by atoms with E-state index in [9.17, 15) is 14.4 Å². The van der Waals surface area contributed by atoms with Crippen LogP contribution in [0.4, 0.5) is 4.79 Å². The molecule has 1 saturated carbocycles. The van der Waals surface area contributed by atoms with Crippen LogP contribution in [0.3, 0.4) is 0 Å². The normalized spacial score (nSPS) is 23.7. The van der Waals surface area contributed by atoms with Crippen LogP contribution >= 0.6 is 0 Å². The highest BCUT2D eigenvalue weighted by Gasteiger charge is 2.52. The molecule has 8 nitrogen and oxygen atoms in total. The van der Waals surface area contributed by atoms with Crippen molar-refractivity contribution < 1.29 is 23.5 Å². The monoisotopic (exact) mass is 411 g/mol. The number of amides is 3. The molecule has 2 aromatic rings. The van der Waals surface area contributed by atoms with Crippen molar-refractivity contribution in [2.24, 2.45) is 5.92 Å². The molecular formula is C22H25N3O5. The van der Waals surface area contributed by atoms with Gasteiger partial charge in [-0.25, -0.2) is 9.78 Å². The van der Waals surface area contributed by atoms with Crippen molar-refractivity contribution in [3.05, 3.63) is 41.8 Å². The molecule has 1 aliphatic heterocycles. The Morgan fingerprint density at radius 2 is 1.97 bits per heavy atom. The van der Waals surface area contributed by atoms with Gasteiger partial charge >= 0.3 is 12.0 Å².